The summed E-state index contributed by atoms with van der Waals surface area (Å²) in [6.07, 6.45) is 0.487. The number of carbonyl (C=O) groups excluding carboxylic acids is 2. The van der Waals surface area contributed by atoms with E-state index in [0.717, 1.165) is 5.69 Å². The molecule has 30 heavy (non-hydrogen) atoms. The van der Waals surface area contributed by atoms with Crippen LogP contribution in [0.1, 0.15) is 23.7 Å². The lowest BCUT2D eigenvalue weighted by atomic mass is 10.1. The molecule has 2 amide bonds. The molecule has 158 valence electrons. The fourth-order valence-corrected chi connectivity index (χ4v) is 3.44. The average Bonchev–Trinajstić information content (AvgIpc) is 2.78. The van der Waals surface area contributed by atoms with Crippen molar-refractivity contribution in [3.63, 3.8) is 0 Å². The van der Waals surface area contributed by atoms with Crippen LogP contribution < -0.4 is 15.0 Å². The summed E-state index contributed by atoms with van der Waals surface area (Å²) in [4.78, 5) is 39.3. The number of carbonyl (C=O) groups is 2. The summed E-state index contributed by atoms with van der Waals surface area (Å²) >= 11 is 0. The Hall–Kier alpha value is -3.62. The quantitative estimate of drug-likeness (QED) is 0.578. The van der Waals surface area contributed by atoms with E-state index in [-0.39, 0.29) is 22.9 Å². The van der Waals surface area contributed by atoms with E-state index in [9.17, 15) is 19.7 Å². The molecule has 2 aromatic carbocycles. The summed E-state index contributed by atoms with van der Waals surface area (Å²) in [6.45, 7) is 4.42. The second-order valence-electron chi connectivity index (χ2n) is 6.84. The Morgan fingerprint density at radius 1 is 1.13 bits per heavy atom. The molecule has 1 aliphatic heterocycles. The number of para-hydroxylation sites is 2. The molecule has 0 atom stereocenters. The Balaban J connectivity index is 1.77. The number of amides is 2. The van der Waals surface area contributed by atoms with Crippen LogP contribution in [-0.2, 0) is 4.79 Å². The third kappa shape index (κ3) is 4.51. The summed E-state index contributed by atoms with van der Waals surface area (Å²) in [5.41, 5.74) is 1.35. The standard InChI is InChI=1S/C21H24N4O5/c1-3-20(26)24-12-10-23(11-13-24)17-7-5-4-6-16(17)22-21(27)15-8-9-19(30-2)18(14-15)25(28)29/h4-9,14H,3,10-13H2,1-2H3,(H,22,27). The molecular formula is C21H24N4O5. The minimum Gasteiger partial charge on any atom is -0.490 e. The monoisotopic (exact) mass is 412 g/mol. The normalized spacial score (nSPS) is 13.7. The van der Waals surface area contributed by atoms with Gasteiger partial charge in [0.25, 0.3) is 5.91 Å². The average molecular weight is 412 g/mol. The van der Waals surface area contributed by atoms with Crippen LogP contribution in [0.5, 0.6) is 5.75 Å². The lowest BCUT2D eigenvalue weighted by molar-refractivity contribution is -0.385. The van der Waals surface area contributed by atoms with Gasteiger partial charge in [-0.25, -0.2) is 0 Å². The second-order valence-corrected chi connectivity index (χ2v) is 6.84. The third-order valence-electron chi connectivity index (χ3n) is 5.07. The van der Waals surface area contributed by atoms with Crippen LogP contribution in [0.25, 0.3) is 0 Å². The van der Waals surface area contributed by atoms with Gasteiger partial charge in [-0.15, -0.1) is 0 Å². The second kappa shape index (κ2) is 9.25. The van der Waals surface area contributed by atoms with E-state index in [1.165, 1.54) is 25.3 Å². The zero-order chi connectivity index (χ0) is 21.7. The first kappa shape index (κ1) is 21.1. The van der Waals surface area contributed by atoms with Crippen LogP contribution in [0.4, 0.5) is 17.1 Å². The summed E-state index contributed by atoms with van der Waals surface area (Å²) in [6, 6.07) is 11.5. The first-order chi connectivity index (χ1) is 14.4. The zero-order valence-electron chi connectivity index (χ0n) is 17.0. The van der Waals surface area contributed by atoms with Crippen LogP contribution in [0.2, 0.25) is 0 Å². The highest BCUT2D eigenvalue weighted by Gasteiger charge is 2.23. The Labute approximate surface area is 174 Å². The molecule has 0 unspecified atom stereocenters. The molecule has 3 rings (SSSR count). The fourth-order valence-electron chi connectivity index (χ4n) is 3.44. The highest BCUT2D eigenvalue weighted by Crippen LogP contribution is 2.30. The number of hydrogen-bond acceptors (Lipinski definition) is 6. The Kier molecular flexibility index (Phi) is 6.51. The molecule has 9 nitrogen and oxygen atoms in total. The van der Waals surface area contributed by atoms with Crippen molar-refractivity contribution in [2.45, 2.75) is 13.3 Å². The predicted molar refractivity (Wildman–Crippen MR) is 113 cm³/mol. The molecule has 1 fully saturated rings. The van der Waals surface area contributed by atoms with E-state index in [4.69, 9.17) is 4.74 Å². The molecule has 0 aromatic heterocycles. The predicted octanol–water partition coefficient (Wildman–Crippen LogP) is 2.91. The van der Waals surface area contributed by atoms with Gasteiger partial charge in [0.2, 0.25) is 5.91 Å². The first-order valence-electron chi connectivity index (χ1n) is 9.70. The van der Waals surface area contributed by atoms with Crippen molar-refractivity contribution in [3.8, 4) is 5.75 Å². The molecule has 1 saturated heterocycles. The number of piperazine rings is 1. The van der Waals surface area contributed by atoms with Crippen molar-refractivity contribution in [2.75, 3.05) is 43.5 Å². The van der Waals surface area contributed by atoms with E-state index in [1.807, 2.05) is 30.0 Å². The molecular weight excluding hydrogens is 388 g/mol. The summed E-state index contributed by atoms with van der Waals surface area (Å²) in [7, 11) is 1.34. The highest BCUT2D eigenvalue weighted by molar-refractivity contribution is 6.06. The molecule has 0 spiro atoms. The molecule has 2 aromatic rings. The number of anilines is 2. The van der Waals surface area contributed by atoms with Crippen LogP contribution in [0.15, 0.2) is 42.5 Å². The molecule has 0 radical (unpaired) electrons. The van der Waals surface area contributed by atoms with Gasteiger partial charge < -0.3 is 19.9 Å². The van der Waals surface area contributed by atoms with Crippen molar-refractivity contribution in [1.29, 1.82) is 0 Å². The van der Waals surface area contributed by atoms with Crippen molar-refractivity contribution in [1.82, 2.24) is 4.90 Å². The van der Waals surface area contributed by atoms with E-state index in [1.54, 1.807) is 6.07 Å². The Bertz CT molecular complexity index is 954. The van der Waals surface area contributed by atoms with Crippen LogP contribution >= 0.6 is 0 Å². The minimum atomic E-state index is -0.583. The van der Waals surface area contributed by atoms with Gasteiger partial charge in [-0.1, -0.05) is 19.1 Å². The first-order valence-corrected chi connectivity index (χ1v) is 9.70. The van der Waals surface area contributed by atoms with E-state index in [2.05, 4.69) is 10.2 Å². The van der Waals surface area contributed by atoms with Gasteiger partial charge in [-0.2, -0.15) is 0 Å². The molecule has 0 aliphatic carbocycles. The summed E-state index contributed by atoms with van der Waals surface area (Å²) in [5, 5.41) is 14.1. The van der Waals surface area contributed by atoms with Gasteiger partial charge >= 0.3 is 5.69 Å². The lowest BCUT2D eigenvalue weighted by Crippen LogP contribution is -2.48. The maximum atomic E-state index is 12.8. The van der Waals surface area contributed by atoms with Gasteiger partial charge in [0.1, 0.15) is 0 Å². The summed E-state index contributed by atoms with van der Waals surface area (Å²) in [5.74, 6) is -0.221. The molecule has 0 bridgehead atoms. The summed E-state index contributed by atoms with van der Waals surface area (Å²) < 4.78 is 4.98. The highest BCUT2D eigenvalue weighted by atomic mass is 16.6. The number of nitro groups is 1. The third-order valence-corrected chi connectivity index (χ3v) is 5.07. The molecule has 1 aliphatic rings. The van der Waals surface area contributed by atoms with E-state index >= 15 is 0 Å². The number of rotatable bonds is 6. The lowest BCUT2D eigenvalue weighted by Gasteiger charge is -2.36. The van der Waals surface area contributed by atoms with Crippen molar-refractivity contribution < 1.29 is 19.2 Å². The number of hydrogen-bond donors (Lipinski definition) is 1. The van der Waals surface area contributed by atoms with Gasteiger partial charge in [-0.3, -0.25) is 19.7 Å². The molecule has 9 heteroatoms. The minimum absolute atomic E-state index is 0.0939. The van der Waals surface area contributed by atoms with Gasteiger partial charge in [0.15, 0.2) is 5.75 Å². The molecule has 0 saturated carbocycles. The maximum Gasteiger partial charge on any atom is 0.311 e. The number of nitrogens with zero attached hydrogens (tertiary/aromatic N) is 3. The number of benzene rings is 2. The molecule has 1 N–H and O–H groups in total. The number of nitro benzene ring substituents is 1. The molecule has 1 heterocycles. The number of nitrogens with one attached hydrogen (secondary N) is 1. The van der Waals surface area contributed by atoms with Gasteiger partial charge in [0, 0.05) is 44.2 Å². The van der Waals surface area contributed by atoms with Crippen LogP contribution in [-0.4, -0.2) is 54.9 Å². The Morgan fingerprint density at radius 3 is 2.47 bits per heavy atom. The maximum absolute atomic E-state index is 12.8. The van der Waals surface area contributed by atoms with Crippen molar-refractivity contribution in [2.24, 2.45) is 0 Å². The SMILES string of the molecule is CCC(=O)N1CCN(c2ccccc2NC(=O)c2ccc(OC)c([N+](=O)[O-])c2)CC1. The van der Waals surface area contributed by atoms with E-state index < -0.39 is 10.8 Å². The van der Waals surface area contributed by atoms with E-state index in [0.29, 0.717) is 38.3 Å². The van der Waals surface area contributed by atoms with Crippen molar-refractivity contribution >= 4 is 28.9 Å². The zero-order valence-corrected chi connectivity index (χ0v) is 17.0. The number of ether oxygens (including phenoxy) is 1. The Morgan fingerprint density at radius 2 is 1.83 bits per heavy atom. The van der Waals surface area contributed by atoms with Crippen LogP contribution in [0.3, 0.4) is 0 Å². The van der Waals surface area contributed by atoms with Crippen molar-refractivity contribution in [3.05, 3.63) is 58.1 Å². The topological polar surface area (TPSA) is 105 Å². The van der Waals surface area contributed by atoms with Gasteiger partial charge in [-0.05, 0) is 24.3 Å². The largest absolute Gasteiger partial charge is 0.490 e. The number of methoxy groups -OCH3 is 1. The smallest absolute Gasteiger partial charge is 0.311 e. The van der Waals surface area contributed by atoms with Gasteiger partial charge in [0.05, 0.1) is 23.4 Å². The van der Waals surface area contributed by atoms with Crippen LogP contribution in [0, 0.1) is 10.1 Å². The fraction of sp³-hybridized carbons (Fsp3) is 0.333.